The molecule has 0 spiro atoms. The van der Waals surface area contributed by atoms with E-state index in [1.54, 1.807) is 0 Å². The molecule has 0 amide bonds. The average molecular weight is 460 g/mol. The average Bonchev–Trinajstić information content (AvgIpc) is 2.80. The van der Waals surface area contributed by atoms with Crippen LogP contribution >= 0.6 is 0 Å². The number of unbranched alkanes of at least 4 members (excludes halogenated alkanes) is 11. The summed E-state index contributed by atoms with van der Waals surface area (Å²) in [5.74, 6) is 0. The predicted molar refractivity (Wildman–Crippen MR) is 132 cm³/mol. The highest BCUT2D eigenvalue weighted by molar-refractivity contribution is 4.59. The zero-order chi connectivity index (χ0) is 22.8. The second-order valence-electron chi connectivity index (χ2n) is 8.79. The van der Waals surface area contributed by atoms with Gasteiger partial charge in [0.15, 0.2) is 0 Å². The molecule has 0 bridgehead atoms. The van der Waals surface area contributed by atoms with Crippen LogP contribution in [0, 0.1) is 0 Å². The van der Waals surface area contributed by atoms with Crippen molar-refractivity contribution in [3.63, 3.8) is 0 Å². The maximum Gasteiger partial charge on any atom is 0.0701 e. The lowest BCUT2D eigenvalue weighted by Crippen LogP contribution is -2.32. The molecule has 0 aliphatic carbocycles. The van der Waals surface area contributed by atoms with Gasteiger partial charge in [-0.3, -0.25) is 4.90 Å². The van der Waals surface area contributed by atoms with Crippen LogP contribution in [0.4, 0.5) is 0 Å². The van der Waals surface area contributed by atoms with Gasteiger partial charge >= 0.3 is 0 Å². The maximum absolute atomic E-state index is 5.75. The maximum atomic E-state index is 5.75. The van der Waals surface area contributed by atoms with Crippen LogP contribution in [0.25, 0.3) is 0 Å². The summed E-state index contributed by atoms with van der Waals surface area (Å²) >= 11 is 0. The minimum atomic E-state index is 0.604. The van der Waals surface area contributed by atoms with Gasteiger partial charge in [0.2, 0.25) is 0 Å². The third-order valence-corrected chi connectivity index (χ3v) is 5.92. The number of ether oxygens (including phenoxy) is 5. The van der Waals surface area contributed by atoms with Gasteiger partial charge < -0.3 is 23.7 Å². The van der Waals surface area contributed by atoms with Crippen molar-refractivity contribution in [2.24, 2.45) is 0 Å². The minimum Gasteiger partial charge on any atom is -0.378 e. The molecule has 1 aliphatic rings. The summed E-state index contributed by atoms with van der Waals surface area (Å²) in [6, 6.07) is 0. The van der Waals surface area contributed by atoms with E-state index in [0.717, 1.165) is 32.8 Å². The summed E-state index contributed by atoms with van der Waals surface area (Å²) in [4.78, 5) is 2.48. The number of hydrogen-bond acceptors (Lipinski definition) is 6. The molecule has 192 valence electrons. The minimum absolute atomic E-state index is 0.604. The Kier molecular flexibility index (Phi) is 23.6. The molecule has 0 radical (unpaired) electrons. The molecule has 0 saturated carbocycles. The van der Waals surface area contributed by atoms with E-state index in [9.17, 15) is 0 Å². The third kappa shape index (κ3) is 21.6. The number of nitrogens with zero attached hydrogens (tertiary/aromatic N) is 1. The van der Waals surface area contributed by atoms with Crippen molar-refractivity contribution in [1.29, 1.82) is 0 Å². The van der Waals surface area contributed by atoms with Gasteiger partial charge in [-0.05, 0) is 13.0 Å². The molecule has 1 heterocycles. The summed E-state index contributed by atoms with van der Waals surface area (Å²) in [5.41, 5.74) is 0. The van der Waals surface area contributed by atoms with E-state index in [0.29, 0.717) is 52.9 Å². The molecule has 1 saturated heterocycles. The Morgan fingerprint density at radius 3 is 1.09 bits per heavy atom. The van der Waals surface area contributed by atoms with Gasteiger partial charge in [-0.25, -0.2) is 0 Å². The fourth-order valence-corrected chi connectivity index (χ4v) is 3.88. The molecule has 1 aliphatic heterocycles. The lowest BCUT2D eigenvalue weighted by atomic mass is 10.1. The molecule has 32 heavy (non-hydrogen) atoms. The number of hydrogen-bond donors (Lipinski definition) is 0. The molecule has 6 heteroatoms. The topological polar surface area (TPSA) is 49.4 Å². The SMILES string of the molecule is CCCCCCCCCCCCCCN1CCOCCOCCOCCOCCOCC1. The van der Waals surface area contributed by atoms with Crippen molar-refractivity contribution in [1.82, 2.24) is 4.90 Å². The fourth-order valence-electron chi connectivity index (χ4n) is 3.88. The fraction of sp³-hybridized carbons (Fsp3) is 1.00. The van der Waals surface area contributed by atoms with E-state index in [2.05, 4.69) is 11.8 Å². The molecule has 0 N–H and O–H groups in total. The van der Waals surface area contributed by atoms with E-state index in [-0.39, 0.29) is 0 Å². The van der Waals surface area contributed by atoms with Gasteiger partial charge in [0.1, 0.15) is 0 Å². The third-order valence-electron chi connectivity index (χ3n) is 5.92. The van der Waals surface area contributed by atoms with E-state index in [1.165, 1.54) is 77.0 Å². The Hall–Kier alpha value is -0.240. The van der Waals surface area contributed by atoms with Crippen LogP contribution in [0.2, 0.25) is 0 Å². The van der Waals surface area contributed by atoms with Crippen LogP contribution in [0.3, 0.4) is 0 Å². The highest BCUT2D eigenvalue weighted by Crippen LogP contribution is 2.12. The van der Waals surface area contributed by atoms with Crippen molar-refractivity contribution in [2.45, 2.75) is 84.0 Å². The molecule has 0 aromatic rings. The second kappa shape index (κ2) is 25.4. The van der Waals surface area contributed by atoms with Crippen molar-refractivity contribution >= 4 is 0 Å². The first-order valence-corrected chi connectivity index (χ1v) is 13.5. The van der Waals surface area contributed by atoms with E-state index < -0.39 is 0 Å². The van der Waals surface area contributed by atoms with Crippen LogP contribution in [0.5, 0.6) is 0 Å². The van der Waals surface area contributed by atoms with Crippen molar-refractivity contribution < 1.29 is 23.7 Å². The first kappa shape index (κ1) is 29.8. The Bertz CT molecular complexity index is 341. The first-order chi connectivity index (χ1) is 15.9. The standard InChI is InChI=1S/C26H53NO5/c1-2-3-4-5-6-7-8-9-10-11-12-13-14-27-15-17-28-19-21-30-23-25-32-26-24-31-22-20-29-18-16-27/h2-26H2,1H3. The van der Waals surface area contributed by atoms with Crippen LogP contribution in [0.1, 0.15) is 84.0 Å². The molecule has 6 nitrogen and oxygen atoms in total. The zero-order valence-corrected chi connectivity index (χ0v) is 21.2. The van der Waals surface area contributed by atoms with Crippen molar-refractivity contribution in [3.05, 3.63) is 0 Å². The van der Waals surface area contributed by atoms with Gasteiger partial charge in [-0.2, -0.15) is 0 Å². The van der Waals surface area contributed by atoms with Gasteiger partial charge in [0.05, 0.1) is 66.1 Å². The van der Waals surface area contributed by atoms with Crippen LogP contribution in [0.15, 0.2) is 0 Å². The summed E-state index contributed by atoms with van der Waals surface area (Å²) in [6.07, 6.45) is 16.7. The van der Waals surface area contributed by atoms with Crippen molar-refractivity contribution in [3.8, 4) is 0 Å². The smallest absolute Gasteiger partial charge is 0.0701 e. The normalized spacial score (nSPS) is 19.4. The molecule has 0 unspecified atom stereocenters. The Morgan fingerprint density at radius 1 is 0.406 bits per heavy atom. The lowest BCUT2D eigenvalue weighted by Gasteiger charge is -2.22. The lowest BCUT2D eigenvalue weighted by molar-refractivity contribution is -0.0186. The molecular weight excluding hydrogens is 406 g/mol. The van der Waals surface area contributed by atoms with Gasteiger partial charge in [0.25, 0.3) is 0 Å². The molecular formula is C26H53NO5. The van der Waals surface area contributed by atoms with E-state index in [4.69, 9.17) is 23.7 Å². The second-order valence-corrected chi connectivity index (χ2v) is 8.79. The quantitative estimate of drug-likeness (QED) is 0.358. The van der Waals surface area contributed by atoms with Gasteiger partial charge in [-0.1, -0.05) is 77.6 Å². The first-order valence-electron chi connectivity index (χ1n) is 13.5. The summed E-state index contributed by atoms with van der Waals surface area (Å²) in [6.45, 7) is 11.8. The highest BCUT2D eigenvalue weighted by atomic mass is 16.6. The number of rotatable bonds is 13. The molecule has 1 rings (SSSR count). The van der Waals surface area contributed by atoms with Gasteiger partial charge in [-0.15, -0.1) is 0 Å². The predicted octanol–water partition coefficient (Wildman–Crippen LogP) is 5.09. The monoisotopic (exact) mass is 459 g/mol. The zero-order valence-electron chi connectivity index (χ0n) is 21.2. The van der Waals surface area contributed by atoms with Gasteiger partial charge in [0, 0.05) is 13.1 Å². The molecule has 0 aromatic carbocycles. The largest absolute Gasteiger partial charge is 0.378 e. The summed E-state index contributed by atoms with van der Waals surface area (Å²) < 4.78 is 28.0. The van der Waals surface area contributed by atoms with E-state index >= 15 is 0 Å². The van der Waals surface area contributed by atoms with Crippen molar-refractivity contribution in [2.75, 3.05) is 85.7 Å². The summed E-state index contributed by atoms with van der Waals surface area (Å²) in [5, 5.41) is 0. The van der Waals surface area contributed by atoms with Crippen LogP contribution in [-0.4, -0.2) is 90.6 Å². The molecule has 0 aromatic heterocycles. The van der Waals surface area contributed by atoms with Crippen LogP contribution in [-0.2, 0) is 23.7 Å². The Morgan fingerprint density at radius 2 is 0.719 bits per heavy atom. The molecule has 0 atom stereocenters. The summed E-state index contributed by atoms with van der Waals surface area (Å²) in [7, 11) is 0. The van der Waals surface area contributed by atoms with Crippen LogP contribution < -0.4 is 0 Å². The Balaban J connectivity index is 2.06. The molecule has 1 fully saturated rings. The Labute approximate surface area is 198 Å². The highest BCUT2D eigenvalue weighted by Gasteiger charge is 2.06. The van der Waals surface area contributed by atoms with E-state index in [1.807, 2.05) is 0 Å².